The molecule has 1 aromatic rings. The molecule has 0 aromatic carbocycles. The summed E-state index contributed by atoms with van der Waals surface area (Å²) in [5.41, 5.74) is 1.26. The molecule has 1 amide bonds. The van der Waals surface area contributed by atoms with Gasteiger partial charge in [0.25, 0.3) is 0 Å². The van der Waals surface area contributed by atoms with Crippen LogP contribution in [0.15, 0.2) is 24.5 Å². The van der Waals surface area contributed by atoms with Gasteiger partial charge in [-0.05, 0) is 37.0 Å². The van der Waals surface area contributed by atoms with Crippen LogP contribution in [-0.2, 0) is 14.3 Å². The molecule has 5 heteroatoms. The van der Waals surface area contributed by atoms with Gasteiger partial charge in [-0.2, -0.15) is 0 Å². The molecule has 2 aliphatic rings. The lowest BCUT2D eigenvalue weighted by atomic mass is 9.92. The smallest absolute Gasteiger partial charge is 0.248 e. The molecule has 1 aromatic heterocycles. The predicted molar refractivity (Wildman–Crippen MR) is 78.0 cm³/mol. The standard InChI is InChI=1S/C16H22N2O3/c19-16(12-20-11-15-3-1-2-8-21-15)18-9-14(10-18)13-4-6-17-7-5-13/h4-7,14-15H,1-3,8-12H2/t15-/m1/s1. The second-order valence-corrected chi connectivity index (χ2v) is 5.78. The topological polar surface area (TPSA) is 51.7 Å². The SMILES string of the molecule is O=C(COC[C@H]1CCCCO1)N1CC(c2ccncc2)C1. The van der Waals surface area contributed by atoms with Crippen LogP contribution in [0.4, 0.5) is 0 Å². The van der Waals surface area contributed by atoms with Crippen molar-refractivity contribution in [2.45, 2.75) is 31.3 Å². The van der Waals surface area contributed by atoms with Crippen LogP contribution < -0.4 is 0 Å². The van der Waals surface area contributed by atoms with E-state index in [1.54, 1.807) is 12.4 Å². The number of ether oxygens (including phenoxy) is 2. The van der Waals surface area contributed by atoms with Gasteiger partial charge in [-0.3, -0.25) is 9.78 Å². The highest BCUT2D eigenvalue weighted by molar-refractivity contribution is 5.78. The van der Waals surface area contributed by atoms with Crippen LogP contribution in [0, 0.1) is 0 Å². The Bertz CT molecular complexity index is 454. The Morgan fingerprint density at radius 1 is 1.33 bits per heavy atom. The van der Waals surface area contributed by atoms with Gasteiger partial charge in [-0.25, -0.2) is 0 Å². The lowest BCUT2D eigenvalue weighted by Crippen LogP contribution is -2.50. The van der Waals surface area contributed by atoms with Crippen LogP contribution >= 0.6 is 0 Å². The second-order valence-electron chi connectivity index (χ2n) is 5.78. The summed E-state index contributed by atoms with van der Waals surface area (Å²) in [6, 6.07) is 4.03. The van der Waals surface area contributed by atoms with Crippen molar-refractivity contribution in [3.05, 3.63) is 30.1 Å². The zero-order chi connectivity index (χ0) is 14.5. The number of hydrogen-bond donors (Lipinski definition) is 0. The van der Waals surface area contributed by atoms with Crippen molar-refractivity contribution >= 4 is 5.91 Å². The van der Waals surface area contributed by atoms with Gasteiger partial charge in [0.05, 0.1) is 12.7 Å². The first kappa shape index (κ1) is 14.5. The van der Waals surface area contributed by atoms with Crippen LogP contribution in [0.5, 0.6) is 0 Å². The van der Waals surface area contributed by atoms with Crippen LogP contribution in [0.1, 0.15) is 30.7 Å². The van der Waals surface area contributed by atoms with Gasteiger partial charge in [0.2, 0.25) is 5.91 Å². The maximum Gasteiger partial charge on any atom is 0.248 e. The van der Waals surface area contributed by atoms with Gasteiger partial charge < -0.3 is 14.4 Å². The van der Waals surface area contributed by atoms with Crippen LogP contribution in [-0.4, -0.2) is 54.8 Å². The van der Waals surface area contributed by atoms with E-state index in [2.05, 4.69) is 4.98 Å². The molecule has 5 nitrogen and oxygen atoms in total. The summed E-state index contributed by atoms with van der Waals surface area (Å²) >= 11 is 0. The van der Waals surface area contributed by atoms with E-state index in [-0.39, 0.29) is 18.6 Å². The number of hydrogen-bond acceptors (Lipinski definition) is 4. The van der Waals surface area contributed by atoms with Crippen LogP contribution in [0.25, 0.3) is 0 Å². The number of rotatable bonds is 5. The summed E-state index contributed by atoms with van der Waals surface area (Å²) < 4.78 is 11.1. The van der Waals surface area contributed by atoms with Crippen LogP contribution in [0.3, 0.4) is 0 Å². The monoisotopic (exact) mass is 290 g/mol. The number of pyridine rings is 1. The van der Waals surface area contributed by atoms with E-state index >= 15 is 0 Å². The Morgan fingerprint density at radius 3 is 2.86 bits per heavy atom. The Hall–Kier alpha value is -1.46. The Balaban J connectivity index is 1.34. The normalized spacial score (nSPS) is 22.9. The number of amides is 1. The molecule has 114 valence electrons. The first-order valence-corrected chi connectivity index (χ1v) is 7.70. The third kappa shape index (κ3) is 3.80. The highest BCUT2D eigenvalue weighted by Crippen LogP contribution is 2.26. The second kappa shape index (κ2) is 7.00. The lowest BCUT2D eigenvalue weighted by molar-refractivity contribution is -0.142. The molecule has 1 atom stereocenters. The van der Waals surface area contributed by atoms with Crippen LogP contribution in [0.2, 0.25) is 0 Å². The Labute approximate surface area is 125 Å². The summed E-state index contributed by atoms with van der Waals surface area (Å²) in [6.45, 7) is 3.09. The quantitative estimate of drug-likeness (QED) is 0.826. The molecule has 2 aliphatic heterocycles. The highest BCUT2D eigenvalue weighted by atomic mass is 16.5. The van der Waals surface area contributed by atoms with Gasteiger partial charge in [0.15, 0.2) is 0 Å². The van der Waals surface area contributed by atoms with Gasteiger partial charge in [-0.1, -0.05) is 0 Å². The average Bonchev–Trinajstić information content (AvgIpc) is 2.48. The molecule has 0 N–H and O–H groups in total. The fraction of sp³-hybridized carbons (Fsp3) is 0.625. The molecule has 0 saturated carbocycles. The molecular weight excluding hydrogens is 268 g/mol. The minimum Gasteiger partial charge on any atom is -0.376 e. The zero-order valence-electron chi connectivity index (χ0n) is 12.2. The summed E-state index contributed by atoms with van der Waals surface area (Å²) in [5.74, 6) is 0.523. The number of nitrogens with zero attached hydrogens (tertiary/aromatic N) is 2. The molecule has 2 fully saturated rings. The summed E-state index contributed by atoms with van der Waals surface area (Å²) in [5, 5.41) is 0. The van der Waals surface area contributed by atoms with Crippen molar-refractivity contribution in [2.75, 3.05) is 32.9 Å². The van der Waals surface area contributed by atoms with E-state index in [0.717, 1.165) is 32.5 Å². The fourth-order valence-electron chi connectivity index (χ4n) is 2.84. The number of likely N-dealkylation sites (tertiary alicyclic amines) is 1. The molecule has 0 bridgehead atoms. The minimum absolute atomic E-state index is 0.0797. The lowest BCUT2D eigenvalue weighted by Gasteiger charge is -2.39. The van der Waals surface area contributed by atoms with Gasteiger partial charge >= 0.3 is 0 Å². The molecule has 0 aliphatic carbocycles. The minimum atomic E-state index is 0.0797. The van der Waals surface area contributed by atoms with Crippen molar-refractivity contribution in [2.24, 2.45) is 0 Å². The molecular formula is C16H22N2O3. The molecule has 0 spiro atoms. The van der Waals surface area contributed by atoms with E-state index in [9.17, 15) is 4.79 Å². The molecule has 21 heavy (non-hydrogen) atoms. The number of carbonyl (C=O) groups is 1. The van der Waals surface area contributed by atoms with Crippen molar-refractivity contribution in [3.8, 4) is 0 Å². The first-order chi connectivity index (χ1) is 10.3. The van der Waals surface area contributed by atoms with E-state index in [1.807, 2.05) is 17.0 Å². The third-order valence-corrected chi connectivity index (χ3v) is 4.22. The largest absolute Gasteiger partial charge is 0.376 e. The van der Waals surface area contributed by atoms with Gasteiger partial charge in [-0.15, -0.1) is 0 Å². The maximum atomic E-state index is 12.0. The van der Waals surface area contributed by atoms with E-state index in [1.165, 1.54) is 12.0 Å². The predicted octanol–water partition coefficient (Wildman–Crippen LogP) is 1.59. The first-order valence-electron chi connectivity index (χ1n) is 7.70. The van der Waals surface area contributed by atoms with Crippen molar-refractivity contribution in [1.82, 2.24) is 9.88 Å². The van der Waals surface area contributed by atoms with E-state index in [4.69, 9.17) is 9.47 Å². The fourth-order valence-corrected chi connectivity index (χ4v) is 2.84. The average molecular weight is 290 g/mol. The molecule has 0 radical (unpaired) electrons. The molecule has 0 unspecified atom stereocenters. The number of carbonyl (C=O) groups excluding carboxylic acids is 1. The van der Waals surface area contributed by atoms with E-state index < -0.39 is 0 Å². The molecule has 2 saturated heterocycles. The van der Waals surface area contributed by atoms with Crippen molar-refractivity contribution < 1.29 is 14.3 Å². The Kier molecular flexibility index (Phi) is 4.83. The summed E-state index contributed by atoms with van der Waals surface area (Å²) in [4.78, 5) is 17.9. The molecule has 3 rings (SSSR count). The van der Waals surface area contributed by atoms with E-state index in [0.29, 0.717) is 12.5 Å². The van der Waals surface area contributed by atoms with Gasteiger partial charge in [0.1, 0.15) is 6.61 Å². The highest BCUT2D eigenvalue weighted by Gasteiger charge is 2.31. The third-order valence-electron chi connectivity index (χ3n) is 4.22. The maximum absolute atomic E-state index is 12.0. The zero-order valence-corrected chi connectivity index (χ0v) is 12.2. The van der Waals surface area contributed by atoms with Crippen molar-refractivity contribution in [1.29, 1.82) is 0 Å². The van der Waals surface area contributed by atoms with Crippen molar-refractivity contribution in [3.63, 3.8) is 0 Å². The number of aromatic nitrogens is 1. The molecule has 3 heterocycles. The summed E-state index contributed by atoms with van der Waals surface area (Å²) in [7, 11) is 0. The summed E-state index contributed by atoms with van der Waals surface area (Å²) in [6.07, 6.45) is 7.15. The Morgan fingerprint density at radius 2 is 2.14 bits per heavy atom. The van der Waals surface area contributed by atoms with Gasteiger partial charge in [0, 0.05) is 38.0 Å².